The predicted octanol–water partition coefficient (Wildman–Crippen LogP) is 3.29. The molecule has 11 atom stereocenters. The molecule has 1 spiro atoms. The zero-order valence-corrected chi connectivity index (χ0v) is 23.7. The molecule has 0 amide bonds. The standard InChI is InChI=1S/C32H40O8/c1-15-6-9-23(34)16(2)11-22-24(35)12-19(14-33)13-32(22)29(38)25(30(39)40-32)28(37)31(5)21(15)8-7-20-26(31)17(3)10-18(4)27(20)36/h6-8,11-12,14,17-18,20-24,26-27,34-37H,9-10,13H2,1-5H3/b15-6+,16-11+,28-25-. The normalized spacial score (nSPS) is 49.8. The van der Waals surface area contributed by atoms with Gasteiger partial charge in [0.2, 0.25) is 5.78 Å². The minimum Gasteiger partial charge on any atom is -0.511 e. The van der Waals surface area contributed by atoms with Crippen molar-refractivity contribution in [2.45, 2.75) is 77.8 Å². The molecule has 0 radical (unpaired) electrons. The number of carbonyl (C=O) groups excluding carboxylic acids is 3. The van der Waals surface area contributed by atoms with E-state index in [0.717, 1.165) is 5.57 Å². The van der Waals surface area contributed by atoms with E-state index in [-0.39, 0.29) is 47.8 Å². The summed E-state index contributed by atoms with van der Waals surface area (Å²) in [4.78, 5) is 39.7. The third kappa shape index (κ3) is 4.02. The van der Waals surface area contributed by atoms with Crippen LogP contribution in [0.25, 0.3) is 0 Å². The van der Waals surface area contributed by atoms with Crippen LogP contribution in [-0.2, 0) is 19.1 Å². The minimum atomic E-state index is -1.94. The number of aliphatic hydroxyl groups is 4. The van der Waals surface area contributed by atoms with Crippen molar-refractivity contribution in [2.24, 2.45) is 40.9 Å². The van der Waals surface area contributed by atoms with Crippen LogP contribution in [0.1, 0.15) is 53.9 Å². The number of esters is 1. The maximum Gasteiger partial charge on any atom is 0.346 e. The van der Waals surface area contributed by atoms with Crippen LogP contribution in [0.15, 0.2) is 58.4 Å². The van der Waals surface area contributed by atoms with Crippen molar-refractivity contribution in [3.8, 4) is 0 Å². The van der Waals surface area contributed by atoms with Gasteiger partial charge in [-0.2, -0.15) is 0 Å². The molecule has 216 valence electrons. The molecule has 0 aromatic carbocycles. The van der Waals surface area contributed by atoms with Crippen molar-refractivity contribution in [2.75, 3.05) is 0 Å². The molecule has 2 fully saturated rings. The summed E-state index contributed by atoms with van der Waals surface area (Å²) in [6.45, 7) is 9.50. The highest BCUT2D eigenvalue weighted by Gasteiger charge is 2.64. The average molecular weight is 553 g/mol. The van der Waals surface area contributed by atoms with E-state index < -0.39 is 58.5 Å². The third-order valence-electron chi connectivity index (χ3n) is 10.5. The first-order valence-corrected chi connectivity index (χ1v) is 14.2. The molecule has 5 aliphatic rings. The molecule has 8 nitrogen and oxygen atoms in total. The van der Waals surface area contributed by atoms with E-state index in [4.69, 9.17) is 4.74 Å². The summed E-state index contributed by atoms with van der Waals surface area (Å²) >= 11 is 0. The highest BCUT2D eigenvalue weighted by molar-refractivity contribution is 6.26. The second kappa shape index (κ2) is 9.93. The zero-order valence-electron chi connectivity index (χ0n) is 23.7. The fourth-order valence-electron chi connectivity index (χ4n) is 8.42. The molecule has 1 saturated carbocycles. The fraction of sp³-hybridized carbons (Fsp3) is 0.594. The van der Waals surface area contributed by atoms with Gasteiger partial charge >= 0.3 is 5.97 Å². The molecular formula is C32H40O8. The molecule has 1 heterocycles. The molecule has 4 aliphatic carbocycles. The number of aldehydes is 1. The van der Waals surface area contributed by atoms with Gasteiger partial charge in [0, 0.05) is 23.7 Å². The second-order valence-corrected chi connectivity index (χ2v) is 12.9. The van der Waals surface area contributed by atoms with Crippen molar-refractivity contribution in [1.29, 1.82) is 0 Å². The van der Waals surface area contributed by atoms with Crippen LogP contribution in [-0.4, -0.2) is 62.4 Å². The van der Waals surface area contributed by atoms with Crippen LogP contribution in [0.5, 0.6) is 0 Å². The maximum absolute atomic E-state index is 14.3. The Balaban J connectivity index is 1.79. The van der Waals surface area contributed by atoms with Crippen LogP contribution in [0.4, 0.5) is 0 Å². The first-order chi connectivity index (χ1) is 18.8. The summed E-state index contributed by atoms with van der Waals surface area (Å²) in [5.74, 6) is -4.22. The first kappa shape index (κ1) is 28.7. The zero-order chi connectivity index (χ0) is 29.3. The van der Waals surface area contributed by atoms with E-state index in [0.29, 0.717) is 18.3 Å². The van der Waals surface area contributed by atoms with E-state index in [1.165, 1.54) is 6.08 Å². The van der Waals surface area contributed by atoms with Gasteiger partial charge < -0.3 is 25.2 Å². The quantitative estimate of drug-likeness (QED) is 0.168. The van der Waals surface area contributed by atoms with Gasteiger partial charge in [-0.25, -0.2) is 4.79 Å². The largest absolute Gasteiger partial charge is 0.511 e. The van der Waals surface area contributed by atoms with Gasteiger partial charge in [-0.1, -0.05) is 50.6 Å². The fourth-order valence-corrected chi connectivity index (χ4v) is 8.42. The SMILES string of the molecule is C/C1=C\C2C(O)C=C(C=O)CC23OC(=O)/C(=C(\O)C2(C)C(C=CC4C(O)C(C)CC(C)C42)/C(C)=C/CC1O)C3=O. The molecule has 40 heavy (non-hydrogen) atoms. The number of Topliss-reactive ketones (excluding diaryl/α,β-unsaturated/α-hetero) is 1. The Kier molecular flexibility index (Phi) is 7.12. The molecule has 2 bridgehead atoms. The van der Waals surface area contributed by atoms with Gasteiger partial charge in [-0.3, -0.25) is 9.59 Å². The monoisotopic (exact) mass is 552 g/mol. The Bertz CT molecular complexity index is 1290. The topological polar surface area (TPSA) is 141 Å². The van der Waals surface area contributed by atoms with Crippen molar-refractivity contribution in [1.82, 2.24) is 0 Å². The van der Waals surface area contributed by atoms with E-state index >= 15 is 0 Å². The van der Waals surface area contributed by atoms with Gasteiger partial charge in [0.1, 0.15) is 17.6 Å². The number of hydrogen-bond donors (Lipinski definition) is 4. The van der Waals surface area contributed by atoms with Crippen molar-refractivity contribution in [3.05, 3.63) is 58.4 Å². The van der Waals surface area contributed by atoms with Gasteiger partial charge in [0.25, 0.3) is 0 Å². The number of fused-ring (bicyclic) bond motifs is 4. The van der Waals surface area contributed by atoms with Gasteiger partial charge in [0.05, 0.1) is 24.2 Å². The molecule has 4 N–H and O–H groups in total. The lowest BCUT2D eigenvalue weighted by molar-refractivity contribution is -0.159. The summed E-state index contributed by atoms with van der Waals surface area (Å²) < 4.78 is 5.81. The Morgan fingerprint density at radius 1 is 1.02 bits per heavy atom. The molecular weight excluding hydrogens is 512 g/mol. The Morgan fingerprint density at radius 3 is 2.40 bits per heavy atom. The van der Waals surface area contributed by atoms with E-state index in [1.807, 2.05) is 39.0 Å². The average Bonchev–Trinajstić information content (AvgIpc) is 3.14. The van der Waals surface area contributed by atoms with Crippen molar-refractivity contribution >= 4 is 18.0 Å². The van der Waals surface area contributed by atoms with E-state index in [9.17, 15) is 34.8 Å². The summed E-state index contributed by atoms with van der Waals surface area (Å²) in [5.41, 5.74) is -2.12. The minimum absolute atomic E-state index is 0.0332. The van der Waals surface area contributed by atoms with Crippen LogP contribution < -0.4 is 0 Å². The number of allylic oxidation sites excluding steroid dienone is 3. The number of aliphatic hydroxyl groups excluding tert-OH is 4. The second-order valence-electron chi connectivity index (χ2n) is 12.9. The van der Waals surface area contributed by atoms with Crippen LogP contribution in [0.3, 0.4) is 0 Å². The molecule has 1 saturated heterocycles. The van der Waals surface area contributed by atoms with Gasteiger partial charge in [-0.15, -0.1) is 0 Å². The van der Waals surface area contributed by atoms with Crippen molar-refractivity contribution < 1.29 is 39.5 Å². The van der Waals surface area contributed by atoms with Crippen LogP contribution in [0, 0.1) is 40.9 Å². The summed E-state index contributed by atoms with van der Waals surface area (Å²) in [6.07, 6.45) is 7.02. The lowest BCUT2D eigenvalue weighted by Gasteiger charge is -2.55. The smallest absolute Gasteiger partial charge is 0.346 e. The highest BCUT2D eigenvalue weighted by atomic mass is 16.6. The Morgan fingerprint density at radius 2 is 1.73 bits per heavy atom. The number of ketones is 1. The third-order valence-corrected chi connectivity index (χ3v) is 10.5. The number of hydrogen-bond acceptors (Lipinski definition) is 8. The summed E-state index contributed by atoms with van der Waals surface area (Å²) in [5, 5.41) is 45.4. The molecule has 11 unspecified atom stereocenters. The van der Waals surface area contributed by atoms with Gasteiger partial charge in [-0.05, 0) is 61.7 Å². The number of rotatable bonds is 1. The Labute approximate surface area is 234 Å². The summed E-state index contributed by atoms with van der Waals surface area (Å²) in [6, 6.07) is 0. The molecule has 1 aliphatic heterocycles. The number of carbonyl (C=O) groups is 3. The Hall–Kier alpha value is -2.81. The molecule has 0 aromatic heterocycles. The lowest BCUT2D eigenvalue weighted by Crippen LogP contribution is -2.54. The van der Waals surface area contributed by atoms with Crippen LogP contribution in [0.2, 0.25) is 0 Å². The van der Waals surface area contributed by atoms with Crippen molar-refractivity contribution in [3.63, 3.8) is 0 Å². The highest BCUT2D eigenvalue weighted by Crippen LogP contribution is 2.60. The molecule has 5 rings (SSSR count). The predicted molar refractivity (Wildman–Crippen MR) is 147 cm³/mol. The lowest BCUT2D eigenvalue weighted by atomic mass is 9.49. The maximum atomic E-state index is 14.3. The molecule has 8 heteroatoms. The van der Waals surface area contributed by atoms with Crippen LogP contribution >= 0.6 is 0 Å². The van der Waals surface area contributed by atoms with E-state index in [2.05, 4.69) is 6.92 Å². The molecule has 0 aromatic rings. The summed E-state index contributed by atoms with van der Waals surface area (Å²) in [7, 11) is 0. The first-order valence-electron chi connectivity index (χ1n) is 14.2. The van der Waals surface area contributed by atoms with E-state index in [1.54, 1.807) is 13.0 Å². The van der Waals surface area contributed by atoms with Gasteiger partial charge in [0.15, 0.2) is 5.60 Å². The number of ether oxygens (including phenoxy) is 1.